The van der Waals surface area contributed by atoms with Crippen LogP contribution in [-0.4, -0.2) is 89.0 Å². The van der Waals surface area contributed by atoms with Crippen LogP contribution in [0.5, 0.6) is 11.8 Å². The van der Waals surface area contributed by atoms with Crippen molar-refractivity contribution < 1.29 is 60.4 Å². The molecule has 0 aromatic carbocycles. The summed E-state index contributed by atoms with van der Waals surface area (Å²) in [5.74, 6) is -3.40. The Morgan fingerprint density at radius 1 is 1.08 bits per heavy atom. The molecule has 2 aromatic rings. The van der Waals surface area contributed by atoms with Crippen LogP contribution in [0.2, 0.25) is 0 Å². The van der Waals surface area contributed by atoms with Crippen LogP contribution in [0.1, 0.15) is 12.8 Å². The number of rotatable bonds is 5. The summed E-state index contributed by atoms with van der Waals surface area (Å²) >= 11 is 0. The van der Waals surface area contributed by atoms with E-state index in [-0.39, 0.29) is 11.5 Å². The Balaban J connectivity index is 0.000000317. The molecule has 0 saturated carbocycles. The number of carboxylic acids is 2. The first-order chi connectivity index (χ1) is 18.2. The summed E-state index contributed by atoms with van der Waals surface area (Å²) in [7, 11) is 1.62. The molecule has 2 saturated heterocycles. The van der Waals surface area contributed by atoms with Crippen molar-refractivity contribution in [3.05, 3.63) is 36.8 Å². The third-order valence-corrected chi connectivity index (χ3v) is 5.56. The van der Waals surface area contributed by atoms with Crippen LogP contribution < -0.4 is 14.4 Å². The van der Waals surface area contributed by atoms with Crippen molar-refractivity contribution in [1.82, 2.24) is 15.0 Å². The zero-order chi connectivity index (χ0) is 29.3. The molecule has 2 N–H and O–H groups in total. The van der Waals surface area contributed by atoms with Gasteiger partial charge in [-0.15, -0.1) is 0 Å². The maximum absolute atomic E-state index is 10.6. The number of carbonyl (C=O) groups is 2. The van der Waals surface area contributed by atoms with Gasteiger partial charge < -0.3 is 29.3 Å². The van der Waals surface area contributed by atoms with E-state index in [0.29, 0.717) is 18.4 Å². The van der Waals surface area contributed by atoms with E-state index in [1.54, 1.807) is 19.6 Å². The molecule has 2 aromatic heterocycles. The third-order valence-electron chi connectivity index (χ3n) is 5.56. The molecule has 0 radical (unpaired) electrons. The number of ether oxygens (including phenoxy) is 3. The van der Waals surface area contributed by atoms with Gasteiger partial charge in [0.05, 0.1) is 25.2 Å². The number of anilines is 1. The third kappa shape index (κ3) is 9.42. The quantitative estimate of drug-likeness (QED) is 0.512. The number of aliphatic carboxylic acids is 2. The van der Waals surface area contributed by atoms with Crippen molar-refractivity contribution in [2.75, 3.05) is 38.3 Å². The number of piperidine rings is 1. The molecule has 216 valence electrons. The Morgan fingerprint density at radius 2 is 1.72 bits per heavy atom. The number of nitrogens with zero attached hydrogens (tertiary/aromatic N) is 4. The summed E-state index contributed by atoms with van der Waals surface area (Å²) < 4.78 is 80.7. The zero-order valence-electron chi connectivity index (χ0n) is 20.3. The molecule has 4 heterocycles. The summed E-state index contributed by atoms with van der Waals surface area (Å²) in [6, 6.07) is 7.58. The zero-order valence-corrected chi connectivity index (χ0v) is 20.3. The lowest BCUT2D eigenvalue weighted by atomic mass is 9.77. The van der Waals surface area contributed by atoms with Crippen LogP contribution in [0.15, 0.2) is 36.8 Å². The average Bonchev–Trinajstić information content (AvgIpc) is 3.31. The number of hydrogen-bond acceptors (Lipinski definition) is 9. The van der Waals surface area contributed by atoms with Crippen molar-refractivity contribution in [2.24, 2.45) is 5.41 Å². The first kappa shape index (κ1) is 31.3. The Bertz CT molecular complexity index is 1070. The minimum atomic E-state index is -5.08. The molecule has 2 atom stereocenters. The van der Waals surface area contributed by atoms with Gasteiger partial charge in [-0.1, -0.05) is 6.07 Å². The summed E-state index contributed by atoms with van der Waals surface area (Å²) in [6.07, 6.45) is -4.73. The highest BCUT2D eigenvalue weighted by molar-refractivity contribution is 5.73. The van der Waals surface area contributed by atoms with Gasteiger partial charge in [0.25, 0.3) is 0 Å². The Labute approximate surface area is 217 Å². The lowest BCUT2D eigenvalue weighted by molar-refractivity contribution is -0.193. The summed E-state index contributed by atoms with van der Waals surface area (Å²) in [5.41, 5.74) is -0.0477. The van der Waals surface area contributed by atoms with Gasteiger partial charge in [-0.2, -0.15) is 26.3 Å². The highest BCUT2D eigenvalue weighted by Crippen LogP contribution is 2.42. The monoisotopic (exact) mass is 570 g/mol. The van der Waals surface area contributed by atoms with Gasteiger partial charge >= 0.3 is 24.3 Å². The number of pyridine rings is 1. The normalized spacial score (nSPS) is 20.4. The van der Waals surface area contributed by atoms with Crippen LogP contribution in [0, 0.1) is 5.41 Å². The fourth-order valence-electron chi connectivity index (χ4n) is 3.72. The van der Waals surface area contributed by atoms with Gasteiger partial charge in [0.15, 0.2) is 0 Å². The number of hydrogen-bond donors (Lipinski definition) is 2. The van der Waals surface area contributed by atoms with Gasteiger partial charge in [0, 0.05) is 38.0 Å². The van der Waals surface area contributed by atoms with Crippen LogP contribution in [0.4, 0.5) is 32.2 Å². The Hall–Kier alpha value is -3.89. The fraction of sp³-hybridized carbons (Fsp3) is 0.500. The Morgan fingerprint density at radius 3 is 2.26 bits per heavy atom. The number of halogens is 6. The first-order valence-corrected chi connectivity index (χ1v) is 11.0. The van der Waals surface area contributed by atoms with Crippen LogP contribution in [-0.2, 0) is 14.3 Å². The number of methoxy groups -OCH3 is 1. The number of carboxylic acid groups (broad SMARTS) is 2. The maximum Gasteiger partial charge on any atom is 0.490 e. The van der Waals surface area contributed by atoms with Crippen molar-refractivity contribution in [2.45, 2.75) is 31.3 Å². The molecular formula is C22H24F6N4O7. The van der Waals surface area contributed by atoms with Gasteiger partial charge in [-0.05, 0) is 18.9 Å². The first-order valence-electron chi connectivity index (χ1n) is 11.0. The lowest BCUT2D eigenvalue weighted by Crippen LogP contribution is -2.52. The molecule has 0 unspecified atom stereocenters. The smallest absolute Gasteiger partial charge is 0.481 e. The standard InChI is InChI=1S/C18H22N4O3.2C2HF3O2/c1-23-17-10-15(20-13-21-17)22-8-5-14-18(11-22,6-9-24-14)12-25-16-4-2-3-7-19-16;2*3-2(4,5)1(6)7/h2-4,7,10,13-14H,5-6,8-9,11-12H2,1H3;2*(H,6,7)/t14-,18+;;/m1../s1. The van der Waals surface area contributed by atoms with E-state index >= 15 is 0 Å². The molecule has 0 aliphatic carbocycles. The van der Waals surface area contributed by atoms with Gasteiger partial charge in [-0.3, -0.25) is 0 Å². The van der Waals surface area contributed by atoms with E-state index in [1.165, 1.54) is 0 Å². The largest absolute Gasteiger partial charge is 0.490 e. The molecule has 2 aliphatic rings. The SMILES string of the molecule is COc1cc(N2CC[C@H]3OCC[C@@]3(COc3ccccn3)C2)ncn1.O=C(O)C(F)(F)F.O=C(O)C(F)(F)F. The maximum atomic E-state index is 10.6. The van der Waals surface area contributed by atoms with E-state index in [0.717, 1.165) is 38.4 Å². The lowest BCUT2D eigenvalue weighted by Gasteiger charge is -2.43. The Kier molecular flexibility index (Phi) is 10.6. The molecule has 0 amide bonds. The molecule has 11 nitrogen and oxygen atoms in total. The molecule has 4 rings (SSSR count). The van der Waals surface area contributed by atoms with Crippen LogP contribution in [0.3, 0.4) is 0 Å². The van der Waals surface area contributed by atoms with Crippen molar-refractivity contribution >= 4 is 17.8 Å². The highest BCUT2D eigenvalue weighted by atomic mass is 19.4. The van der Waals surface area contributed by atoms with Gasteiger partial charge in [-0.25, -0.2) is 24.5 Å². The molecule has 0 spiro atoms. The second-order valence-corrected chi connectivity index (χ2v) is 8.16. The predicted molar refractivity (Wildman–Crippen MR) is 119 cm³/mol. The average molecular weight is 570 g/mol. The number of aromatic nitrogens is 3. The molecule has 0 bridgehead atoms. The van der Waals surface area contributed by atoms with E-state index < -0.39 is 24.3 Å². The van der Waals surface area contributed by atoms with E-state index in [9.17, 15) is 26.3 Å². The summed E-state index contributed by atoms with van der Waals surface area (Å²) in [5, 5.41) is 14.2. The molecule has 2 aliphatic heterocycles. The van der Waals surface area contributed by atoms with Crippen LogP contribution >= 0.6 is 0 Å². The van der Waals surface area contributed by atoms with E-state index in [4.69, 9.17) is 34.0 Å². The summed E-state index contributed by atoms with van der Waals surface area (Å²) in [4.78, 5) is 32.8. The second kappa shape index (κ2) is 13.3. The van der Waals surface area contributed by atoms with Gasteiger partial charge in [0.2, 0.25) is 11.8 Å². The molecule has 2 fully saturated rings. The number of alkyl halides is 6. The minimum Gasteiger partial charge on any atom is -0.481 e. The van der Waals surface area contributed by atoms with Crippen LogP contribution in [0.25, 0.3) is 0 Å². The minimum absolute atomic E-state index is 0.0477. The number of fused-ring (bicyclic) bond motifs is 1. The summed E-state index contributed by atoms with van der Waals surface area (Å²) in [6.45, 7) is 3.10. The van der Waals surface area contributed by atoms with Gasteiger partial charge in [0.1, 0.15) is 12.1 Å². The van der Waals surface area contributed by atoms with Crippen molar-refractivity contribution in [3.8, 4) is 11.8 Å². The van der Waals surface area contributed by atoms with Crippen molar-refractivity contribution in [3.63, 3.8) is 0 Å². The fourth-order valence-corrected chi connectivity index (χ4v) is 3.72. The topological polar surface area (TPSA) is 144 Å². The van der Waals surface area contributed by atoms with E-state index in [2.05, 4.69) is 19.9 Å². The van der Waals surface area contributed by atoms with E-state index in [1.807, 2.05) is 24.3 Å². The second-order valence-electron chi connectivity index (χ2n) is 8.16. The molecular weight excluding hydrogens is 546 g/mol. The molecule has 17 heteroatoms. The molecule has 39 heavy (non-hydrogen) atoms. The highest BCUT2D eigenvalue weighted by Gasteiger charge is 2.49. The van der Waals surface area contributed by atoms with Crippen molar-refractivity contribution in [1.29, 1.82) is 0 Å². The predicted octanol–water partition coefficient (Wildman–Crippen LogP) is 3.21.